The Bertz CT molecular complexity index is 1130. The summed E-state index contributed by atoms with van der Waals surface area (Å²) < 4.78 is 47.5. The van der Waals surface area contributed by atoms with Crippen molar-refractivity contribution in [3.63, 3.8) is 0 Å². The number of sulfonamides is 1. The van der Waals surface area contributed by atoms with Crippen LogP contribution in [0.25, 0.3) is 0 Å². The van der Waals surface area contributed by atoms with Crippen molar-refractivity contribution in [2.45, 2.75) is 4.90 Å². The molecule has 12 heteroatoms. The van der Waals surface area contributed by atoms with Crippen LogP contribution in [0.4, 0.5) is 5.69 Å². The van der Waals surface area contributed by atoms with E-state index in [-0.39, 0.29) is 41.8 Å². The average Bonchev–Trinajstić information content (AvgIpc) is 2.83. The molecule has 1 aliphatic heterocycles. The summed E-state index contributed by atoms with van der Waals surface area (Å²) in [6, 6.07) is 8.54. The number of morpholine rings is 1. The van der Waals surface area contributed by atoms with E-state index in [0.29, 0.717) is 17.2 Å². The Morgan fingerprint density at radius 3 is 2.48 bits per heavy atom. The number of ether oxygens (including phenoxy) is 4. The Kier molecular flexibility index (Phi) is 8.14. The van der Waals surface area contributed by atoms with Crippen molar-refractivity contribution in [3.05, 3.63) is 47.0 Å². The van der Waals surface area contributed by atoms with Gasteiger partial charge >= 0.3 is 5.97 Å². The molecule has 2 aromatic carbocycles. The lowest BCUT2D eigenvalue weighted by Gasteiger charge is -2.26. The number of amides is 1. The van der Waals surface area contributed by atoms with Crippen molar-refractivity contribution in [1.29, 1.82) is 0 Å². The zero-order chi connectivity index (χ0) is 24.0. The van der Waals surface area contributed by atoms with E-state index in [1.807, 2.05) is 0 Å². The van der Waals surface area contributed by atoms with Crippen LogP contribution < -0.4 is 14.8 Å². The maximum absolute atomic E-state index is 12.8. The molecule has 1 amide bonds. The second-order valence-electron chi connectivity index (χ2n) is 6.85. The molecule has 0 unspecified atom stereocenters. The van der Waals surface area contributed by atoms with Gasteiger partial charge in [0.1, 0.15) is 11.5 Å². The molecule has 1 saturated heterocycles. The number of nitrogens with one attached hydrogen (secondary N) is 1. The number of hydrogen-bond acceptors (Lipinski definition) is 8. The Morgan fingerprint density at radius 1 is 1.09 bits per heavy atom. The molecule has 3 rings (SSSR count). The molecule has 0 aromatic heterocycles. The largest absolute Gasteiger partial charge is 0.497 e. The van der Waals surface area contributed by atoms with Gasteiger partial charge in [-0.05, 0) is 30.3 Å². The highest BCUT2D eigenvalue weighted by Gasteiger charge is 2.28. The van der Waals surface area contributed by atoms with Crippen LogP contribution >= 0.6 is 11.6 Å². The van der Waals surface area contributed by atoms with Crippen LogP contribution in [0.1, 0.15) is 10.4 Å². The lowest BCUT2D eigenvalue weighted by atomic mass is 10.2. The monoisotopic (exact) mass is 498 g/mol. The van der Waals surface area contributed by atoms with Gasteiger partial charge in [0.05, 0.1) is 48.6 Å². The molecule has 1 N–H and O–H groups in total. The standard InChI is InChI=1S/C21H23ClN2O8S/c1-29-14-3-6-18(19(11-14)30-2)23-20(25)13-32-21(26)16-12-15(4-5-17(16)22)33(27,28)24-7-9-31-10-8-24/h3-6,11-12H,7-10,13H2,1-2H3,(H,23,25). The minimum Gasteiger partial charge on any atom is -0.497 e. The Labute approximate surface area is 196 Å². The third-order valence-corrected chi connectivity index (χ3v) is 7.01. The predicted molar refractivity (Wildman–Crippen MR) is 119 cm³/mol. The molecule has 0 radical (unpaired) electrons. The first-order chi connectivity index (χ1) is 15.8. The summed E-state index contributed by atoms with van der Waals surface area (Å²) in [5.41, 5.74) is 0.191. The summed E-state index contributed by atoms with van der Waals surface area (Å²) in [5.74, 6) is -0.660. The fourth-order valence-electron chi connectivity index (χ4n) is 3.05. The van der Waals surface area contributed by atoms with Crippen LogP contribution in [0.5, 0.6) is 11.5 Å². The Balaban J connectivity index is 1.68. The van der Waals surface area contributed by atoms with Gasteiger partial charge in [0.25, 0.3) is 5.91 Å². The minimum atomic E-state index is -3.84. The Morgan fingerprint density at radius 2 is 1.82 bits per heavy atom. The second-order valence-corrected chi connectivity index (χ2v) is 9.19. The normalized spacial score (nSPS) is 14.4. The minimum absolute atomic E-state index is 0.00170. The molecule has 178 valence electrons. The van der Waals surface area contributed by atoms with Crippen molar-refractivity contribution in [1.82, 2.24) is 4.31 Å². The highest BCUT2D eigenvalue weighted by atomic mass is 35.5. The third-order valence-electron chi connectivity index (χ3n) is 4.78. The Hall–Kier alpha value is -2.86. The van der Waals surface area contributed by atoms with Crippen molar-refractivity contribution in [2.75, 3.05) is 52.4 Å². The first kappa shape index (κ1) is 24.8. The van der Waals surface area contributed by atoms with E-state index in [4.69, 9.17) is 30.5 Å². The number of rotatable bonds is 8. The van der Waals surface area contributed by atoms with Crippen molar-refractivity contribution in [2.24, 2.45) is 0 Å². The molecule has 1 heterocycles. The smallest absolute Gasteiger partial charge is 0.340 e. The molecule has 1 fully saturated rings. The first-order valence-corrected chi connectivity index (χ1v) is 11.6. The van der Waals surface area contributed by atoms with E-state index in [0.717, 1.165) is 6.07 Å². The molecule has 33 heavy (non-hydrogen) atoms. The number of anilines is 1. The molecule has 10 nitrogen and oxygen atoms in total. The van der Waals surface area contributed by atoms with Crippen LogP contribution in [-0.2, 0) is 24.3 Å². The van der Waals surface area contributed by atoms with Crippen LogP contribution in [0, 0.1) is 0 Å². The van der Waals surface area contributed by atoms with Gasteiger partial charge in [-0.2, -0.15) is 4.31 Å². The first-order valence-electron chi connectivity index (χ1n) is 9.82. The van der Waals surface area contributed by atoms with Gasteiger partial charge in [0.15, 0.2) is 6.61 Å². The van der Waals surface area contributed by atoms with Gasteiger partial charge < -0.3 is 24.3 Å². The van der Waals surface area contributed by atoms with Gasteiger partial charge in [-0.15, -0.1) is 0 Å². The summed E-state index contributed by atoms with van der Waals surface area (Å²) in [5, 5.41) is 2.57. The summed E-state index contributed by atoms with van der Waals surface area (Å²) in [6.07, 6.45) is 0. The number of methoxy groups -OCH3 is 2. The van der Waals surface area contributed by atoms with E-state index in [1.165, 1.54) is 30.7 Å². The van der Waals surface area contributed by atoms with Crippen LogP contribution in [0.15, 0.2) is 41.3 Å². The van der Waals surface area contributed by atoms with E-state index < -0.39 is 28.5 Å². The maximum Gasteiger partial charge on any atom is 0.340 e. The highest BCUT2D eigenvalue weighted by molar-refractivity contribution is 7.89. The molecule has 0 saturated carbocycles. The van der Waals surface area contributed by atoms with Gasteiger partial charge in [0, 0.05) is 19.2 Å². The average molecular weight is 499 g/mol. The van der Waals surface area contributed by atoms with Gasteiger partial charge in [-0.3, -0.25) is 4.79 Å². The van der Waals surface area contributed by atoms with E-state index in [1.54, 1.807) is 18.2 Å². The number of carbonyl (C=O) groups is 2. The van der Waals surface area contributed by atoms with Crippen molar-refractivity contribution >= 4 is 39.2 Å². The molecule has 0 bridgehead atoms. The zero-order valence-electron chi connectivity index (χ0n) is 18.0. The van der Waals surface area contributed by atoms with Gasteiger partial charge in [0.2, 0.25) is 10.0 Å². The molecular formula is C21H23ClN2O8S. The van der Waals surface area contributed by atoms with Gasteiger partial charge in [-0.25, -0.2) is 13.2 Å². The molecule has 0 atom stereocenters. The molecule has 1 aliphatic rings. The zero-order valence-corrected chi connectivity index (χ0v) is 19.6. The number of halogens is 1. The number of carbonyl (C=O) groups excluding carboxylic acids is 2. The van der Waals surface area contributed by atoms with Crippen molar-refractivity contribution < 1.29 is 37.0 Å². The number of hydrogen-bond donors (Lipinski definition) is 1. The second kappa shape index (κ2) is 10.8. The summed E-state index contributed by atoms with van der Waals surface area (Å²) in [4.78, 5) is 24.7. The summed E-state index contributed by atoms with van der Waals surface area (Å²) in [7, 11) is -0.903. The van der Waals surface area contributed by atoms with Crippen LogP contribution in [0.3, 0.4) is 0 Å². The van der Waals surface area contributed by atoms with Gasteiger partial charge in [-0.1, -0.05) is 11.6 Å². The SMILES string of the molecule is COc1ccc(NC(=O)COC(=O)c2cc(S(=O)(=O)N3CCOCC3)ccc2Cl)c(OC)c1. The number of nitrogens with zero attached hydrogens (tertiary/aromatic N) is 1. The fraction of sp³-hybridized carbons (Fsp3) is 0.333. The molecule has 0 aliphatic carbocycles. The van der Waals surface area contributed by atoms with Crippen molar-refractivity contribution in [3.8, 4) is 11.5 Å². The molecule has 2 aromatic rings. The van der Waals surface area contributed by atoms with Crippen LogP contribution in [0.2, 0.25) is 5.02 Å². The maximum atomic E-state index is 12.8. The molecule has 0 spiro atoms. The van der Waals surface area contributed by atoms with Crippen LogP contribution in [-0.4, -0.2) is 71.7 Å². The fourth-order valence-corrected chi connectivity index (χ4v) is 4.68. The lowest BCUT2D eigenvalue weighted by molar-refractivity contribution is -0.119. The van der Waals surface area contributed by atoms with E-state index in [2.05, 4.69) is 5.32 Å². The number of benzene rings is 2. The number of esters is 1. The molecular weight excluding hydrogens is 476 g/mol. The third kappa shape index (κ3) is 5.93. The highest BCUT2D eigenvalue weighted by Crippen LogP contribution is 2.29. The summed E-state index contributed by atoms with van der Waals surface area (Å²) in [6.45, 7) is 0.371. The topological polar surface area (TPSA) is 120 Å². The lowest BCUT2D eigenvalue weighted by Crippen LogP contribution is -2.40. The van der Waals surface area contributed by atoms with E-state index in [9.17, 15) is 18.0 Å². The summed E-state index contributed by atoms with van der Waals surface area (Å²) >= 11 is 6.08. The predicted octanol–water partition coefficient (Wildman–Crippen LogP) is 2.17. The van der Waals surface area contributed by atoms with E-state index >= 15 is 0 Å². The quantitative estimate of drug-likeness (QED) is 0.550.